The Hall–Kier alpha value is -1.84. The second-order valence-electron chi connectivity index (χ2n) is 4.27. The highest BCUT2D eigenvalue weighted by Gasteiger charge is 2.65. The van der Waals surface area contributed by atoms with Crippen molar-refractivity contribution in [2.24, 2.45) is 0 Å². The van der Waals surface area contributed by atoms with Crippen LogP contribution in [0.1, 0.15) is 17.2 Å². The van der Waals surface area contributed by atoms with Gasteiger partial charge in [0, 0.05) is 6.54 Å². The molecule has 0 N–H and O–H groups in total. The second-order valence-corrected chi connectivity index (χ2v) is 4.27. The predicted molar refractivity (Wildman–Crippen MR) is 56.2 cm³/mol. The van der Waals surface area contributed by atoms with Gasteiger partial charge in [0.25, 0.3) is 0 Å². The molecule has 0 saturated carbocycles. The van der Waals surface area contributed by atoms with Gasteiger partial charge in [0.15, 0.2) is 6.19 Å². The maximum atomic E-state index is 13.6. The molecule has 0 bridgehead atoms. The van der Waals surface area contributed by atoms with Gasteiger partial charge < -0.3 is 0 Å². The fraction of sp³-hybridized carbons (Fsp3) is 0.417. The molecule has 1 aromatic carbocycles. The molecule has 1 aromatic rings. The molecule has 1 heterocycles. The molecule has 102 valence electrons. The minimum absolute atomic E-state index is 0.141. The molecular formula is C12H9F5N2. The average molecular weight is 276 g/mol. The van der Waals surface area contributed by atoms with Crippen LogP contribution < -0.4 is 0 Å². The Balaban J connectivity index is 2.56. The first-order valence-corrected chi connectivity index (χ1v) is 5.47. The highest BCUT2D eigenvalue weighted by molar-refractivity contribution is 5.35. The maximum absolute atomic E-state index is 13.6. The maximum Gasteiger partial charge on any atom is 0.455 e. The van der Waals surface area contributed by atoms with E-state index in [9.17, 15) is 22.0 Å². The van der Waals surface area contributed by atoms with E-state index in [-0.39, 0.29) is 18.5 Å². The smallest absolute Gasteiger partial charge is 0.296 e. The number of nitriles is 1. The normalized spacial score (nSPS) is 19.8. The number of hydrogen-bond acceptors (Lipinski definition) is 2. The quantitative estimate of drug-likeness (QED) is 0.581. The van der Waals surface area contributed by atoms with E-state index in [1.54, 1.807) is 6.07 Å². The Labute approximate surface area is 106 Å². The summed E-state index contributed by atoms with van der Waals surface area (Å²) in [5.74, 6) is -4.97. The summed E-state index contributed by atoms with van der Waals surface area (Å²) in [7, 11) is 0. The number of alkyl halides is 5. The number of hydrogen-bond donors (Lipinski definition) is 0. The van der Waals surface area contributed by atoms with Gasteiger partial charge in [-0.2, -0.15) is 27.2 Å². The second kappa shape index (κ2) is 4.37. The molecule has 0 amide bonds. The van der Waals surface area contributed by atoms with E-state index in [0.717, 1.165) is 0 Å². The molecule has 0 saturated heterocycles. The Morgan fingerprint density at radius 3 is 2.37 bits per heavy atom. The zero-order valence-corrected chi connectivity index (χ0v) is 9.59. The standard InChI is InChI=1S/C12H9F5N2/c13-11(14,12(15,16)17)10-9-4-2-1-3-8(9)5-6-19(10)7-18/h1-4,10H,5-6H2. The number of benzene rings is 1. The topological polar surface area (TPSA) is 27.0 Å². The molecule has 2 nitrogen and oxygen atoms in total. The van der Waals surface area contributed by atoms with Crippen molar-refractivity contribution >= 4 is 0 Å². The van der Waals surface area contributed by atoms with Gasteiger partial charge in [-0.3, -0.25) is 4.90 Å². The Morgan fingerprint density at radius 2 is 1.79 bits per heavy atom. The number of fused-ring (bicyclic) bond motifs is 1. The molecule has 0 spiro atoms. The zero-order valence-electron chi connectivity index (χ0n) is 9.59. The predicted octanol–water partition coefficient (Wildman–Crippen LogP) is 3.26. The molecule has 0 fully saturated rings. The summed E-state index contributed by atoms with van der Waals surface area (Å²) in [5.41, 5.74) is 0.278. The van der Waals surface area contributed by atoms with Crippen LogP contribution in [0.4, 0.5) is 22.0 Å². The Bertz CT molecular complexity index is 518. The van der Waals surface area contributed by atoms with Crippen molar-refractivity contribution in [3.63, 3.8) is 0 Å². The van der Waals surface area contributed by atoms with Gasteiger partial charge in [0.2, 0.25) is 0 Å². The van der Waals surface area contributed by atoms with Gasteiger partial charge in [-0.05, 0) is 17.5 Å². The van der Waals surface area contributed by atoms with Crippen LogP contribution >= 0.6 is 0 Å². The molecule has 1 atom stereocenters. The van der Waals surface area contributed by atoms with Crippen LogP contribution in [-0.4, -0.2) is 23.5 Å². The van der Waals surface area contributed by atoms with Gasteiger partial charge >= 0.3 is 12.1 Å². The van der Waals surface area contributed by atoms with Gasteiger partial charge in [0.05, 0.1) is 0 Å². The van der Waals surface area contributed by atoms with Crippen LogP contribution in [0.25, 0.3) is 0 Å². The third-order valence-electron chi connectivity index (χ3n) is 3.13. The van der Waals surface area contributed by atoms with Crippen LogP contribution in [0, 0.1) is 11.5 Å². The van der Waals surface area contributed by atoms with E-state index in [1.807, 2.05) is 0 Å². The molecule has 2 rings (SSSR count). The summed E-state index contributed by atoms with van der Waals surface area (Å²) < 4.78 is 64.8. The van der Waals surface area contributed by atoms with Gasteiger partial charge in [0.1, 0.15) is 6.04 Å². The molecule has 1 aliphatic rings. The summed E-state index contributed by atoms with van der Waals surface area (Å²) in [6, 6.07) is 3.39. The first kappa shape index (κ1) is 13.6. The molecule has 0 radical (unpaired) electrons. The van der Waals surface area contributed by atoms with Crippen LogP contribution in [0.3, 0.4) is 0 Å². The third kappa shape index (κ3) is 2.11. The lowest BCUT2D eigenvalue weighted by molar-refractivity contribution is -0.303. The minimum atomic E-state index is -5.70. The number of halogens is 5. The molecule has 1 unspecified atom stereocenters. The van der Waals surface area contributed by atoms with Crippen molar-refractivity contribution in [1.29, 1.82) is 5.26 Å². The monoisotopic (exact) mass is 276 g/mol. The molecule has 19 heavy (non-hydrogen) atoms. The summed E-state index contributed by atoms with van der Waals surface area (Å²) in [6.07, 6.45) is -4.00. The van der Waals surface area contributed by atoms with Crippen LogP contribution in [-0.2, 0) is 6.42 Å². The van der Waals surface area contributed by atoms with Crippen molar-refractivity contribution in [3.05, 3.63) is 35.4 Å². The Kier molecular flexibility index (Phi) is 3.12. The van der Waals surface area contributed by atoms with Crippen molar-refractivity contribution < 1.29 is 22.0 Å². The SMILES string of the molecule is N#CN1CCc2ccccc2C1C(F)(F)C(F)(F)F. The average Bonchev–Trinajstić information content (AvgIpc) is 2.35. The highest BCUT2D eigenvalue weighted by Crippen LogP contribution is 2.49. The van der Waals surface area contributed by atoms with E-state index in [2.05, 4.69) is 0 Å². The van der Waals surface area contributed by atoms with Gasteiger partial charge in [-0.15, -0.1) is 0 Å². The van der Waals surface area contributed by atoms with E-state index < -0.39 is 18.1 Å². The molecule has 0 aliphatic carbocycles. The number of nitrogens with zero attached hydrogens (tertiary/aromatic N) is 2. The fourth-order valence-corrected chi connectivity index (χ4v) is 2.22. The van der Waals surface area contributed by atoms with Crippen LogP contribution in [0.2, 0.25) is 0 Å². The first-order chi connectivity index (χ1) is 8.79. The molecule has 1 aliphatic heterocycles. The summed E-state index contributed by atoms with van der Waals surface area (Å²) in [5, 5.41) is 8.79. The lowest BCUT2D eigenvalue weighted by Crippen LogP contribution is -2.50. The van der Waals surface area contributed by atoms with E-state index in [1.165, 1.54) is 24.4 Å². The fourth-order valence-electron chi connectivity index (χ4n) is 2.22. The lowest BCUT2D eigenvalue weighted by Gasteiger charge is -2.38. The largest absolute Gasteiger partial charge is 0.455 e. The molecule has 7 heteroatoms. The van der Waals surface area contributed by atoms with Crippen molar-refractivity contribution in [3.8, 4) is 6.19 Å². The zero-order chi connectivity index (χ0) is 14.3. The van der Waals surface area contributed by atoms with Crippen molar-refractivity contribution in [2.75, 3.05) is 6.54 Å². The van der Waals surface area contributed by atoms with Crippen molar-refractivity contribution in [2.45, 2.75) is 24.6 Å². The molecule has 0 aromatic heterocycles. The number of rotatable bonds is 1. The minimum Gasteiger partial charge on any atom is -0.296 e. The van der Waals surface area contributed by atoms with Gasteiger partial charge in [-0.25, -0.2) is 0 Å². The molecular weight excluding hydrogens is 267 g/mol. The summed E-state index contributed by atoms with van der Waals surface area (Å²) >= 11 is 0. The summed E-state index contributed by atoms with van der Waals surface area (Å²) in [4.78, 5) is 0.496. The van der Waals surface area contributed by atoms with E-state index in [4.69, 9.17) is 5.26 Å². The van der Waals surface area contributed by atoms with Crippen molar-refractivity contribution in [1.82, 2.24) is 4.90 Å². The van der Waals surface area contributed by atoms with Crippen LogP contribution in [0.15, 0.2) is 24.3 Å². The lowest BCUT2D eigenvalue weighted by atomic mass is 9.89. The Morgan fingerprint density at radius 1 is 1.16 bits per heavy atom. The van der Waals surface area contributed by atoms with E-state index in [0.29, 0.717) is 10.5 Å². The van der Waals surface area contributed by atoms with Gasteiger partial charge in [-0.1, -0.05) is 24.3 Å². The first-order valence-electron chi connectivity index (χ1n) is 5.47. The highest BCUT2D eigenvalue weighted by atomic mass is 19.4. The van der Waals surface area contributed by atoms with Crippen LogP contribution in [0.5, 0.6) is 0 Å². The summed E-state index contributed by atoms with van der Waals surface area (Å²) in [6.45, 7) is -0.149. The third-order valence-corrected chi connectivity index (χ3v) is 3.13. The van der Waals surface area contributed by atoms with E-state index >= 15 is 0 Å².